The summed E-state index contributed by atoms with van der Waals surface area (Å²) in [7, 11) is 11.7. The predicted molar refractivity (Wildman–Crippen MR) is 192 cm³/mol. The van der Waals surface area contributed by atoms with Crippen LogP contribution in [0, 0.1) is 0 Å². The van der Waals surface area contributed by atoms with Crippen LogP contribution in [0.1, 0.15) is 19.4 Å². The van der Waals surface area contributed by atoms with Gasteiger partial charge in [-0.2, -0.15) is 0 Å². The fraction of sp³-hybridized carbons (Fsp3) is 0.243. The highest BCUT2D eigenvalue weighted by molar-refractivity contribution is 6.08. The number of hydrogen-bond donors (Lipinski definition) is 0. The Balaban J connectivity index is 0.000000152. The first-order valence-corrected chi connectivity index (χ1v) is 16.1. The van der Waals surface area contributed by atoms with Crippen molar-refractivity contribution in [3.63, 3.8) is 0 Å². The first kappa shape index (κ1) is 29.3. The van der Waals surface area contributed by atoms with Crippen molar-refractivity contribution in [2.45, 2.75) is 45.7 Å². The van der Waals surface area contributed by atoms with Crippen LogP contribution in [0.25, 0.3) is 45.0 Å². The number of aryl methyl sites for hydroxylation is 2. The van der Waals surface area contributed by atoms with Gasteiger partial charge in [0, 0.05) is 74.7 Å². The van der Waals surface area contributed by atoms with Crippen LogP contribution < -0.4 is 9.80 Å². The first-order chi connectivity index (χ1) is 23.7. The van der Waals surface area contributed by atoms with Crippen molar-refractivity contribution in [3.05, 3.63) is 108 Å². The number of anilines is 2. The molecule has 0 saturated carbocycles. The zero-order valence-corrected chi connectivity index (χ0v) is 26.6. The maximum absolute atomic E-state index is 7.96. The third kappa shape index (κ3) is 5.62. The summed E-state index contributed by atoms with van der Waals surface area (Å²) in [5, 5.41) is 17.7. The number of rotatable bonds is 5. The van der Waals surface area contributed by atoms with Crippen molar-refractivity contribution < 1.29 is 1.37 Å². The Morgan fingerprint density at radius 3 is 1.77 bits per heavy atom. The lowest BCUT2D eigenvalue weighted by atomic mass is 9.95. The summed E-state index contributed by atoms with van der Waals surface area (Å²) in [5.74, 6) is 0. The van der Waals surface area contributed by atoms with Crippen molar-refractivity contribution in [2.24, 2.45) is 0 Å². The molecule has 0 N–H and O–H groups in total. The lowest BCUT2D eigenvalue weighted by Crippen LogP contribution is -2.24. The van der Waals surface area contributed by atoms with Crippen molar-refractivity contribution in [1.29, 1.82) is 0 Å². The molecular weight excluding hydrogens is 578 g/mol. The van der Waals surface area contributed by atoms with E-state index in [-0.39, 0.29) is 7.02 Å². The Morgan fingerprint density at radius 2 is 1.13 bits per heavy atom. The Morgan fingerprint density at radius 1 is 0.617 bits per heavy atom. The number of nitrogens with zero attached hydrogens (tertiary/aromatic N) is 8. The van der Waals surface area contributed by atoms with Gasteiger partial charge in [0.1, 0.15) is 11.4 Å². The van der Waals surface area contributed by atoms with E-state index in [1.807, 2.05) is 45.8 Å². The molecule has 4 heterocycles. The third-order valence-corrected chi connectivity index (χ3v) is 8.80. The molecule has 0 aliphatic carbocycles. The van der Waals surface area contributed by atoms with Gasteiger partial charge in [-0.05, 0) is 30.2 Å². The van der Waals surface area contributed by atoms with Gasteiger partial charge in [-0.1, -0.05) is 108 Å². The number of benzene rings is 4. The second-order valence-electron chi connectivity index (χ2n) is 11.7. The van der Waals surface area contributed by atoms with E-state index in [0.717, 1.165) is 58.2 Å². The molecule has 2 aliphatic rings. The largest absolute Gasteiger partial charge is 0.370 e. The van der Waals surface area contributed by atoms with E-state index >= 15 is 0 Å². The van der Waals surface area contributed by atoms with E-state index in [1.165, 1.54) is 22.4 Å². The molecule has 0 unspecified atom stereocenters. The molecule has 0 fully saturated rings. The SMILES string of the molecule is [3H]CN1Cc2ccccc2-c2c(nnn2CC[B])-c2ccccc21.[B]CCn1nnc2c1-c1ccccc1N(CC)Cc1ccccc1-2. The van der Waals surface area contributed by atoms with Gasteiger partial charge in [0.25, 0.3) is 0 Å². The Bertz CT molecular complexity index is 2040. The lowest BCUT2D eigenvalue weighted by Gasteiger charge is -2.29. The molecule has 4 aromatic carbocycles. The summed E-state index contributed by atoms with van der Waals surface area (Å²) >= 11 is 0. The monoisotopic (exact) mass is 616 g/mol. The topological polar surface area (TPSA) is 67.9 Å². The third-order valence-electron chi connectivity index (χ3n) is 8.80. The van der Waals surface area contributed by atoms with E-state index in [9.17, 15) is 0 Å². The Hall–Kier alpha value is -5.11. The van der Waals surface area contributed by atoms with Crippen LogP contribution in [-0.4, -0.2) is 59.2 Å². The standard InChI is InChI=1S/C19H19BN4.C18H17BN4/c1-2-23-13-14-7-3-4-8-15(14)18-19(24(12-11-20)22-21-18)16-9-5-6-10-17(16)23;1-22-12-13-6-2-3-7-14(13)18-17(20-21-23(18)11-10-19)15-8-4-5-9-16(15)22/h3-10H,2,11-13H2,1H3;2-9H,10-12H2,1H3/i;1T. The van der Waals surface area contributed by atoms with Crippen molar-refractivity contribution in [3.8, 4) is 45.0 Å². The fourth-order valence-corrected chi connectivity index (χ4v) is 6.62. The van der Waals surface area contributed by atoms with Crippen LogP contribution in [0.3, 0.4) is 0 Å². The molecule has 0 spiro atoms. The highest BCUT2D eigenvalue weighted by Crippen LogP contribution is 2.42. The van der Waals surface area contributed by atoms with Gasteiger partial charge < -0.3 is 9.80 Å². The molecular formula is C37H36B2N8. The minimum atomic E-state index is 0.192. The molecule has 0 saturated heterocycles. The maximum Gasteiger partial charge on any atom is 0.123 e. The van der Waals surface area contributed by atoms with Gasteiger partial charge in [0.2, 0.25) is 0 Å². The normalized spacial score (nSPS) is 13.1. The molecule has 0 atom stereocenters. The van der Waals surface area contributed by atoms with Crippen LogP contribution in [0.4, 0.5) is 11.4 Å². The number of aromatic nitrogens is 6. The molecule has 8 rings (SSSR count). The van der Waals surface area contributed by atoms with Crippen LogP contribution in [0.5, 0.6) is 0 Å². The zero-order chi connectivity index (χ0) is 33.0. The molecule has 2 aromatic heterocycles. The quantitative estimate of drug-likeness (QED) is 0.201. The summed E-state index contributed by atoms with van der Waals surface area (Å²) in [6.07, 6.45) is 1.05. The highest BCUT2D eigenvalue weighted by atomic mass is 15.4. The molecule has 4 radical (unpaired) electrons. The Kier molecular flexibility index (Phi) is 8.30. The van der Waals surface area contributed by atoms with E-state index in [1.54, 1.807) is 0 Å². The second-order valence-corrected chi connectivity index (χ2v) is 11.7. The van der Waals surface area contributed by atoms with Crippen LogP contribution >= 0.6 is 0 Å². The van der Waals surface area contributed by atoms with Crippen LogP contribution in [-0.2, 0) is 26.2 Å². The minimum Gasteiger partial charge on any atom is -0.370 e. The van der Waals surface area contributed by atoms with Crippen molar-refractivity contribution >= 4 is 27.1 Å². The summed E-state index contributed by atoms with van der Waals surface area (Å²) in [4.78, 5) is 4.45. The van der Waals surface area contributed by atoms with Gasteiger partial charge in [0.05, 0.1) is 27.1 Å². The molecule has 47 heavy (non-hydrogen) atoms. The molecule has 8 nitrogen and oxygen atoms in total. The van der Waals surface area contributed by atoms with E-state index in [0.29, 0.717) is 32.3 Å². The van der Waals surface area contributed by atoms with Crippen LogP contribution in [0.2, 0.25) is 12.6 Å². The molecule has 0 bridgehead atoms. The van der Waals surface area contributed by atoms with Gasteiger partial charge in [-0.15, -0.1) is 10.2 Å². The summed E-state index contributed by atoms with van der Waals surface area (Å²) < 4.78 is 11.8. The predicted octanol–water partition coefficient (Wildman–Crippen LogP) is 6.69. The minimum absolute atomic E-state index is 0.192. The first-order valence-electron chi connectivity index (χ1n) is 16.8. The number of fused-ring (bicyclic) bond motifs is 10. The van der Waals surface area contributed by atoms with Crippen molar-refractivity contribution in [1.82, 2.24) is 30.0 Å². The zero-order valence-electron chi connectivity index (χ0n) is 27.6. The number of para-hydroxylation sites is 2. The molecule has 10 heteroatoms. The highest BCUT2D eigenvalue weighted by Gasteiger charge is 2.26. The lowest BCUT2D eigenvalue weighted by molar-refractivity contribution is 0.632. The average molecular weight is 616 g/mol. The van der Waals surface area contributed by atoms with E-state index in [2.05, 4.69) is 98.0 Å². The molecule has 0 amide bonds. The van der Waals surface area contributed by atoms with E-state index in [4.69, 9.17) is 17.1 Å². The van der Waals surface area contributed by atoms with E-state index < -0.39 is 0 Å². The second kappa shape index (κ2) is 13.3. The van der Waals surface area contributed by atoms with Crippen molar-refractivity contribution in [2.75, 3.05) is 23.4 Å². The smallest absolute Gasteiger partial charge is 0.123 e. The van der Waals surface area contributed by atoms with Gasteiger partial charge in [0.15, 0.2) is 0 Å². The molecule has 6 aromatic rings. The number of hydrogen-bond acceptors (Lipinski definition) is 6. The summed E-state index contributed by atoms with van der Waals surface area (Å²) in [5.41, 5.74) is 13.0. The molecule has 2 aliphatic heterocycles. The summed E-state index contributed by atoms with van der Waals surface area (Å²) in [6, 6.07) is 33.3. The summed E-state index contributed by atoms with van der Waals surface area (Å²) in [6.45, 7) is 5.97. The Labute approximate surface area is 280 Å². The average Bonchev–Trinajstić information content (AvgIpc) is 3.73. The maximum atomic E-state index is 7.96. The van der Waals surface area contributed by atoms with Gasteiger partial charge in [-0.3, -0.25) is 0 Å². The van der Waals surface area contributed by atoms with Gasteiger partial charge >= 0.3 is 0 Å². The van der Waals surface area contributed by atoms with Gasteiger partial charge in [-0.25, -0.2) is 9.36 Å². The van der Waals surface area contributed by atoms with Crippen LogP contribution in [0.15, 0.2) is 97.1 Å². The molecule has 230 valence electrons. The fourth-order valence-electron chi connectivity index (χ4n) is 6.62.